The first-order chi connectivity index (χ1) is 16.1. The molecule has 0 aromatic heterocycles. The van der Waals surface area contributed by atoms with Crippen LogP contribution in [0.25, 0.3) is 0 Å². The second-order valence-electron chi connectivity index (χ2n) is 8.89. The van der Waals surface area contributed by atoms with Crippen molar-refractivity contribution in [2.24, 2.45) is 5.92 Å². The number of benzene rings is 2. The number of piperidine rings is 1. The van der Waals surface area contributed by atoms with Gasteiger partial charge in [-0.15, -0.1) is 0 Å². The van der Waals surface area contributed by atoms with E-state index < -0.39 is 10.0 Å². The number of ether oxygens (including phenoxy) is 1. The first-order valence-corrected chi connectivity index (χ1v) is 13.1. The number of sulfonamides is 1. The Morgan fingerprint density at radius 1 is 1.03 bits per heavy atom. The molecule has 1 saturated heterocycles. The molecule has 0 spiro atoms. The monoisotopic (exact) mass is 486 g/mol. The molecule has 184 valence electrons. The van der Waals surface area contributed by atoms with E-state index in [4.69, 9.17) is 4.74 Å². The highest BCUT2D eigenvalue weighted by molar-refractivity contribution is 7.89. The molecule has 1 heterocycles. The molecule has 3 rings (SSSR count). The Morgan fingerprint density at radius 3 is 2.18 bits per heavy atom. The van der Waals surface area contributed by atoms with Crippen molar-refractivity contribution in [2.75, 3.05) is 26.2 Å². The number of aryl methyl sites for hydroxylation is 3. The van der Waals surface area contributed by atoms with Crippen molar-refractivity contribution < 1.29 is 22.7 Å². The van der Waals surface area contributed by atoms with E-state index in [-0.39, 0.29) is 35.8 Å². The van der Waals surface area contributed by atoms with Crippen molar-refractivity contribution in [3.8, 4) is 0 Å². The number of hydrogen-bond acceptors (Lipinski definition) is 5. The molecule has 34 heavy (non-hydrogen) atoms. The average molecular weight is 487 g/mol. The van der Waals surface area contributed by atoms with Gasteiger partial charge in [0.2, 0.25) is 15.9 Å². The van der Waals surface area contributed by atoms with Crippen LogP contribution in [-0.4, -0.2) is 55.7 Å². The molecule has 0 aliphatic carbocycles. The smallest absolute Gasteiger partial charge is 0.309 e. The van der Waals surface area contributed by atoms with Crippen LogP contribution in [0.2, 0.25) is 0 Å². The third-order valence-corrected chi connectivity index (χ3v) is 8.28. The number of nitrogens with zero attached hydrogens (tertiary/aromatic N) is 2. The van der Waals surface area contributed by atoms with E-state index in [2.05, 4.69) is 0 Å². The van der Waals surface area contributed by atoms with Crippen LogP contribution >= 0.6 is 0 Å². The summed E-state index contributed by atoms with van der Waals surface area (Å²) < 4.78 is 34.0. The predicted molar refractivity (Wildman–Crippen MR) is 131 cm³/mol. The van der Waals surface area contributed by atoms with Gasteiger partial charge in [-0.1, -0.05) is 48.0 Å². The zero-order valence-corrected chi connectivity index (χ0v) is 21.2. The van der Waals surface area contributed by atoms with E-state index in [0.29, 0.717) is 43.7 Å². The molecular formula is C26H34N2O5S. The van der Waals surface area contributed by atoms with E-state index >= 15 is 0 Å². The molecule has 0 unspecified atom stereocenters. The molecule has 7 nitrogen and oxygen atoms in total. The fraction of sp³-hybridized carbons (Fsp3) is 0.462. The van der Waals surface area contributed by atoms with E-state index in [1.165, 1.54) is 4.31 Å². The van der Waals surface area contributed by atoms with Crippen LogP contribution in [-0.2, 0) is 30.9 Å². The molecule has 0 atom stereocenters. The fourth-order valence-corrected chi connectivity index (χ4v) is 6.38. The summed E-state index contributed by atoms with van der Waals surface area (Å²) in [4.78, 5) is 27.1. The van der Waals surface area contributed by atoms with Gasteiger partial charge < -0.3 is 9.64 Å². The van der Waals surface area contributed by atoms with Crippen LogP contribution in [0.1, 0.15) is 42.0 Å². The minimum atomic E-state index is -3.93. The number of carbonyl (C=O) groups excluding carboxylic acids is 2. The summed E-state index contributed by atoms with van der Waals surface area (Å²) in [7, 11) is -3.93. The Hall–Kier alpha value is -2.71. The normalized spacial score (nSPS) is 14.9. The lowest BCUT2D eigenvalue weighted by atomic mass is 9.97. The Kier molecular flexibility index (Phi) is 8.49. The lowest BCUT2D eigenvalue weighted by Gasteiger charge is -2.33. The van der Waals surface area contributed by atoms with E-state index in [0.717, 1.165) is 11.1 Å². The SMILES string of the molecule is CCOC(=O)C1CCN(C(=O)CN(Cc2ccccc2)S(=O)(=O)c2c(C)cc(C)cc2C)CC1. The summed E-state index contributed by atoms with van der Waals surface area (Å²) in [5.41, 5.74) is 3.13. The predicted octanol–water partition coefficient (Wildman–Crippen LogP) is 3.60. The largest absolute Gasteiger partial charge is 0.466 e. The topological polar surface area (TPSA) is 84.0 Å². The number of likely N-dealkylation sites (tertiary alicyclic amines) is 1. The van der Waals surface area contributed by atoms with Gasteiger partial charge in [-0.05, 0) is 57.2 Å². The number of carbonyl (C=O) groups is 2. The average Bonchev–Trinajstić information content (AvgIpc) is 2.78. The molecule has 1 amide bonds. The van der Waals surface area contributed by atoms with Gasteiger partial charge in [0.1, 0.15) is 0 Å². The maximum absolute atomic E-state index is 13.8. The minimum Gasteiger partial charge on any atom is -0.466 e. The van der Waals surface area contributed by atoms with Crippen LogP contribution in [0.4, 0.5) is 0 Å². The van der Waals surface area contributed by atoms with Crippen LogP contribution < -0.4 is 0 Å². The second-order valence-corrected chi connectivity index (χ2v) is 10.8. The lowest BCUT2D eigenvalue weighted by molar-refractivity contribution is -0.151. The van der Waals surface area contributed by atoms with Gasteiger partial charge in [0, 0.05) is 19.6 Å². The lowest BCUT2D eigenvalue weighted by Crippen LogP contribution is -2.46. The number of esters is 1. The highest BCUT2D eigenvalue weighted by Crippen LogP contribution is 2.27. The summed E-state index contributed by atoms with van der Waals surface area (Å²) >= 11 is 0. The Balaban J connectivity index is 1.83. The maximum Gasteiger partial charge on any atom is 0.309 e. The van der Waals surface area contributed by atoms with Gasteiger partial charge in [0.25, 0.3) is 0 Å². The number of amides is 1. The summed E-state index contributed by atoms with van der Waals surface area (Å²) in [6.07, 6.45) is 1.04. The van der Waals surface area contributed by atoms with E-state index in [9.17, 15) is 18.0 Å². The molecule has 1 aliphatic rings. The molecule has 0 N–H and O–H groups in total. The standard InChI is InChI=1S/C26H34N2O5S/c1-5-33-26(30)23-11-13-27(14-12-23)24(29)18-28(17-22-9-7-6-8-10-22)34(31,32)25-20(3)15-19(2)16-21(25)4/h6-10,15-16,23H,5,11-14,17-18H2,1-4H3. The van der Waals surface area contributed by atoms with Crippen molar-refractivity contribution >= 4 is 21.9 Å². The number of hydrogen-bond donors (Lipinski definition) is 0. The summed E-state index contributed by atoms with van der Waals surface area (Å²) in [5, 5.41) is 0. The first-order valence-electron chi connectivity index (χ1n) is 11.7. The van der Waals surface area contributed by atoms with Crippen molar-refractivity contribution in [3.05, 3.63) is 64.7 Å². The van der Waals surface area contributed by atoms with E-state index in [1.807, 2.05) is 49.4 Å². The Morgan fingerprint density at radius 2 is 1.62 bits per heavy atom. The fourth-order valence-electron chi connectivity index (χ4n) is 4.59. The first kappa shape index (κ1) is 25.9. The Bertz CT molecular complexity index is 1100. The second kappa shape index (κ2) is 11.1. The molecule has 1 aliphatic heterocycles. The molecule has 0 radical (unpaired) electrons. The van der Waals surface area contributed by atoms with Gasteiger partial charge in [0.05, 0.1) is 24.0 Å². The number of rotatable bonds is 8. The molecule has 8 heteroatoms. The summed E-state index contributed by atoms with van der Waals surface area (Å²) in [6.45, 7) is 8.27. The molecule has 2 aromatic carbocycles. The molecular weight excluding hydrogens is 452 g/mol. The zero-order valence-electron chi connectivity index (χ0n) is 20.4. The Labute approximate surface area is 202 Å². The third-order valence-electron chi connectivity index (χ3n) is 6.18. The molecule has 0 bridgehead atoms. The van der Waals surface area contributed by atoms with Crippen molar-refractivity contribution in [1.82, 2.24) is 9.21 Å². The molecule has 1 fully saturated rings. The van der Waals surface area contributed by atoms with Gasteiger partial charge in [-0.3, -0.25) is 9.59 Å². The third kappa shape index (κ3) is 6.04. The van der Waals surface area contributed by atoms with Gasteiger partial charge >= 0.3 is 5.97 Å². The highest BCUT2D eigenvalue weighted by Gasteiger charge is 2.33. The quantitative estimate of drug-likeness (QED) is 0.533. The summed E-state index contributed by atoms with van der Waals surface area (Å²) in [5.74, 6) is -0.705. The van der Waals surface area contributed by atoms with Crippen molar-refractivity contribution in [1.29, 1.82) is 0 Å². The van der Waals surface area contributed by atoms with Gasteiger partial charge in [0.15, 0.2) is 0 Å². The highest BCUT2D eigenvalue weighted by atomic mass is 32.2. The minimum absolute atomic E-state index is 0.0982. The van der Waals surface area contributed by atoms with Crippen LogP contribution in [0.15, 0.2) is 47.4 Å². The molecule has 0 saturated carbocycles. The van der Waals surface area contributed by atoms with Crippen molar-refractivity contribution in [3.63, 3.8) is 0 Å². The van der Waals surface area contributed by atoms with E-state index in [1.54, 1.807) is 25.7 Å². The van der Waals surface area contributed by atoms with Crippen LogP contribution in [0.3, 0.4) is 0 Å². The van der Waals surface area contributed by atoms with Crippen molar-refractivity contribution in [2.45, 2.75) is 52.0 Å². The zero-order chi connectivity index (χ0) is 24.9. The summed E-state index contributed by atoms with van der Waals surface area (Å²) in [6, 6.07) is 13.0. The van der Waals surface area contributed by atoms with Gasteiger partial charge in [-0.2, -0.15) is 4.31 Å². The van der Waals surface area contributed by atoms with Crippen LogP contribution in [0.5, 0.6) is 0 Å². The molecule has 2 aromatic rings. The van der Waals surface area contributed by atoms with Gasteiger partial charge in [-0.25, -0.2) is 8.42 Å². The van der Waals surface area contributed by atoms with Crippen LogP contribution in [0, 0.1) is 26.7 Å². The maximum atomic E-state index is 13.8.